The number of hydrogen-bond donors (Lipinski definition) is 1. The zero-order valence-electron chi connectivity index (χ0n) is 15.7. The van der Waals surface area contributed by atoms with Gasteiger partial charge in [0.05, 0.1) is 24.6 Å². The number of carbonyl (C=O) groups excluding carboxylic acids is 2. The highest BCUT2D eigenvalue weighted by molar-refractivity contribution is 7.10. The lowest BCUT2D eigenvalue weighted by molar-refractivity contribution is -0.117. The number of hydrogen-bond acceptors (Lipinski definition) is 4. The van der Waals surface area contributed by atoms with E-state index in [0.717, 1.165) is 10.4 Å². The fourth-order valence-corrected chi connectivity index (χ4v) is 4.60. The summed E-state index contributed by atoms with van der Waals surface area (Å²) >= 11 is 7.69. The number of thiophene rings is 1. The van der Waals surface area contributed by atoms with Gasteiger partial charge in [0.1, 0.15) is 5.75 Å². The second kappa shape index (κ2) is 8.27. The summed E-state index contributed by atoms with van der Waals surface area (Å²) in [5.74, 6) is 0.314. The molecular formula is C22H19ClN2O3S. The van der Waals surface area contributed by atoms with Crippen molar-refractivity contribution in [1.82, 2.24) is 4.90 Å². The van der Waals surface area contributed by atoms with E-state index in [2.05, 4.69) is 5.32 Å². The number of rotatable bonds is 6. The highest BCUT2D eigenvalue weighted by Gasteiger charge is 2.34. The van der Waals surface area contributed by atoms with Crippen molar-refractivity contribution in [3.05, 3.63) is 81.0 Å². The topological polar surface area (TPSA) is 58.6 Å². The Morgan fingerprint density at radius 3 is 2.76 bits per heavy atom. The molecule has 148 valence electrons. The van der Waals surface area contributed by atoms with Crippen LogP contribution in [0.25, 0.3) is 0 Å². The zero-order chi connectivity index (χ0) is 20.4. The van der Waals surface area contributed by atoms with Crippen LogP contribution in [0.3, 0.4) is 0 Å². The first kappa shape index (κ1) is 19.5. The Kier molecular flexibility index (Phi) is 5.56. The Balaban J connectivity index is 1.54. The average molecular weight is 427 g/mol. The van der Waals surface area contributed by atoms with Crippen LogP contribution in [0.5, 0.6) is 5.75 Å². The molecule has 1 atom stereocenters. The predicted octanol–water partition coefficient (Wildman–Crippen LogP) is 5.14. The summed E-state index contributed by atoms with van der Waals surface area (Å²) in [6.07, 6.45) is 0.157. The lowest BCUT2D eigenvalue weighted by Gasteiger charge is -2.26. The van der Waals surface area contributed by atoms with E-state index in [-0.39, 0.29) is 24.3 Å². The molecule has 1 aromatic heterocycles. The van der Waals surface area contributed by atoms with Crippen LogP contribution in [0.1, 0.15) is 33.3 Å². The molecule has 1 aliphatic heterocycles. The van der Waals surface area contributed by atoms with Gasteiger partial charge in [-0.1, -0.05) is 35.9 Å². The van der Waals surface area contributed by atoms with Gasteiger partial charge in [0, 0.05) is 22.7 Å². The van der Waals surface area contributed by atoms with Crippen LogP contribution in [0, 0.1) is 0 Å². The predicted molar refractivity (Wildman–Crippen MR) is 115 cm³/mol. The number of anilines is 1. The number of halogens is 1. The molecule has 0 fully saturated rings. The van der Waals surface area contributed by atoms with Crippen molar-refractivity contribution in [2.24, 2.45) is 0 Å². The van der Waals surface area contributed by atoms with E-state index >= 15 is 0 Å². The Morgan fingerprint density at radius 1 is 1.24 bits per heavy atom. The molecule has 1 aliphatic rings. The number of benzene rings is 2. The smallest absolute Gasteiger partial charge is 0.255 e. The van der Waals surface area contributed by atoms with Crippen LogP contribution < -0.4 is 10.1 Å². The maximum atomic E-state index is 13.0. The first-order valence-electron chi connectivity index (χ1n) is 9.12. The number of ether oxygens (including phenoxy) is 1. The maximum absolute atomic E-state index is 13.0. The van der Waals surface area contributed by atoms with Crippen molar-refractivity contribution in [3.8, 4) is 5.75 Å². The molecule has 2 heterocycles. The quantitative estimate of drug-likeness (QED) is 0.594. The van der Waals surface area contributed by atoms with Crippen molar-refractivity contribution in [2.75, 3.05) is 12.4 Å². The number of fused-ring (bicyclic) bond motifs is 1. The number of nitrogens with zero attached hydrogens (tertiary/aromatic N) is 1. The van der Waals surface area contributed by atoms with Crippen LogP contribution in [0.4, 0.5) is 5.69 Å². The SMILES string of the molecule is COc1ccc(NC(=O)C[C@H](c2cccs2)N2Cc3ccccc3C2=O)cc1Cl. The molecule has 0 radical (unpaired) electrons. The van der Waals surface area contributed by atoms with Crippen molar-refractivity contribution in [2.45, 2.75) is 19.0 Å². The van der Waals surface area contributed by atoms with E-state index in [1.165, 1.54) is 7.11 Å². The van der Waals surface area contributed by atoms with E-state index in [9.17, 15) is 9.59 Å². The van der Waals surface area contributed by atoms with Crippen molar-refractivity contribution in [1.29, 1.82) is 0 Å². The molecule has 3 aromatic rings. The van der Waals surface area contributed by atoms with Crippen LogP contribution in [0.15, 0.2) is 60.0 Å². The standard InChI is InChI=1S/C22H19ClN2O3S/c1-28-19-9-8-15(11-17(19)23)24-21(26)12-18(20-7-4-10-29-20)25-13-14-5-2-3-6-16(14)22(25)27/h2-11,18H,12-13H2,1H3,(H,24,26)/t18-/m1/s1. The van der Waals surface area contributed by atoms with E-state index in [1.54, 1.807) is 34.4 Å². The molecule has 7 heteroatoms. The number of amides is 2. The van der Waals surface area contributed by atoms with Gasteiger partial charge in [0.15, 0.2) is 0 Å². The van der Waals surface area contributed by atoms with Gasteiger partial charge in [0.25, 0.3) is 5.91 Å². The maximum Gasteiger partial charge on any atom is 0.255 e. The lowest BCUT2D eigenvalue weighted by Crippen LogP contribution is -2.31. The summed E-state index contributed by atoms with van der Waals surface area (Å²) in [6, 6.07) is 16.2. The number of methoxy groups -OCH3 is 1. The normalized spacial score (nSPS) is 13.9. The molecular weight excluding hydrogens is 408 g/mol. The molecule has 5 nitrogen and oxygen atoms in total. The Hall–Kier alpha value is -2.83. The number of carbonyl (C=O) groups is 2. The molecule has 0 aliphatic carbocycles. The fraction of sp³-hybridized carbons (Fsp3) is 0.182. The van der Waals surface area contributed by atoms with Gasteiger partial charge in [-0.15, -0.1) is 11.3 Å². The molecule has 0 saturated carbocycles. The van der Waals surface area contributed by atoms with Gasteiger partial charge >= 0.3 is 0 Å². The Morgan fingerprint density at radius 2 is 2.07 bits per heavy atom. The summed E-state index contributed by atoms with van der Waals surface area (Å²) in [5, 5.41) is 5.25. The van der Waals surface area contributed by atoms with Crippen molar-refractivity contribution >= 4 is 40.4 Å². The van der Waals surface area contributed by atoms with Gasteiger partial charge in [0.2, 0.25) is 5.91 Å². The second-order valence-electron chi connectivity index (χ2n) is 6.72. The third kappa shape index (κ3) is 3.99. The lowest BCUT2D eigenvalue weighted by atomic mass is 10.1. The van der Waals surface area contributed by atoms with Crippen molar-refractivity contribution in [3.63, 3.8) is 0 Å². The first-order chi connectivity index (χ1) is 14.1. The van der Waals surface area contributed by atoms with Gasteiger partial charge in [-0.05, 0) is 41.3 Å². The third-order valence-electron chi connectivity index (χ3n) is 4.91. The fourth-order valence-electron chi connectivity index (χ4n) is 3.51. The second-order valence-corrected chi connectivity index (χ2v) is 8.11. The summed E-state index contributed by atoms with van der Waals surface area (Å²) in [5.41, 5.74) is 2.28. The summed E-state index contributed by atoms with van der Waals surface area (Å²) in [6.45, 7) is 0.499. The minimum Gasteiger partial charge on any atom is -0.495 e. The van der Waals surface area contributed by atoms with E-state index in [4.69, 9.17) is 16.3 Å². The van der Waals surface area contributed by atoms with Crippen LogP contribution >= 0.6 is 22.9 Å². The highest BCUT2D eigenvalue weighted by Crippen LogP contribution is 2.36. The first-order valence-corrected chi connectivity index (χ1v) is 10.4. The van der Waals surface area contributed by atoms with Crippen LogP contribution in [-0.2, 0) is 11.3 Å². The van der Waals surface area contributed by atoms with Gasteiger partial charge < -0.3 is 15.0 Å². The molecule has 4 rings (SSSR count). The highest BCUT2D eigenvalue weighted by atomic mass is 35.5. The Labute approximate surface area is 177 Å². The molecule has 2 aromatic carbocycles. The van der Waals surface area contributed by atoms with Crippen LogP contribution in [-0.4, -0.2) is 23.8 Å². The van der Waals surface area contributed by atoms with Gasteiger partial charge in [-0.2, -0.15) is 0 Å². The van der Waals surface area contributed by atoms with Gasteiger partial charge in [-0.25, -0.2) is 0 Å². The largest absolute Gasteiger partial charge is 0.495 e. The molecule has 1 N–H and O–H groups in total. The van der Waals surface area contributed by atoms with E-state index in [0.29, 0.717) is 28.6 Å². The zero-order valence-corrected chi connectivity index (χ0v) is 17.3. The summed E-state index contributed by atoms with van der Waals surface area (Å²) < 4.78 is 5.14. The van der Waals surface area contributed by atoms with Gasteiger partial charge in [-0.3, -0.25) is 9.59 Å². The molecule has 0 saturated heterocycles. The third-order valence-corrected chi connectivity index (χ3v) is 6.18. The van der Waals surface area contributed by atoms with Crippen LogP contribution in [0.2, 0.25) is 5.02 Å². The summed E-state index contributed by atoms with van der Waals surface area (Å²) in [7, 11) is 1.54. The van der Waals surface area contributed by atoms with E-state index in [1.807, 2.05) is 41.8 Å². The van der Waals surface area contributed by atoms with E-state index < -0.39 is 0 Å². The minimum absolute atomic E-state index is 0.0423. The minimum atomic E-state index is -0.330. The average Bonchev–Trinajstić information content (AvgIpc) is 3.35. The number of nitrogens with one attached hydrogen (secondary N) is 1. The molecule has 2 amide bonds. The molecule has 0 unspecified atom stereocenters. The Bertz CT molecular complexity index is 1050. The molecule has 0 spiro atoms. The monoisotopic (exact) mass is 426 g/mol. The molecule has 29 heavy (non-hydrogen) atoms. The van der Waals surface area contributed by atoms with Crippen molar-refractivity contribution < 1.29 is 14.3 Å². The summed E-state index contributed by atoms with van der Waals surface area (Å²) in [4.78, 5) is 28.5. The molecule has 0 bridgehead atoms.